The SMILES string of the molecule is CCC12C(C)CCC1CC2C. The summed E-state index contributed by atoms with van der Waals surface area (Å²) < 4.78 is 0. The zero-order valence-electron chi connectivity index (χ0n) is 8.06. The third kappa shape index (κ3) is 0.711. The lowest BCUT2D eigenvalue weighted by Crippen LogP contribution is -2.47. The van der Waals surface area contributed by atoms with Crippen LogP contribution in [-0.2, 0) is 0 Å². The smallest absolute Gasteiger partial charge is 0.0220 e. The van der Waals surface area contributed by atoms with Gasteiger partial charge in [0.05, 0.1) is 0 Å². The van der Waals surface area contributed by atoms with Crippen LogP contribution in [-0.4, -0.2) is 0 Å². The van der Waals surface area contributed by atoms with E-state index in [0.29, 0.717) is 0 Å². The van der Waals surface area contributed by atoms with E-state index in [2.05, 4.69) is 20.8 Å². The highest BCUT2D eigenvalue weighted by Crippen LogP contribution is 2.65. The number of fused-ring (bicyclic) bond motifs is 1. The minimum absolute atomic E-state index is 0.792. The Labute approximate surface area is 70.4 Å². The molecule has 2 rings (SSSR count). The van der Waals surface area contributed by atoms with Gasteiger partial charge in [-0.15, -0.1) is 0 Å². The lowest BCUT2D eigenvalue weighted by Gasteiger charge is -2.54. The van der Waals surface area contributed by atoms with Crippen LogP contribution in [0.3, 0.4) is 0 Å². The third-order valence-corrected chi connectivity index (χ3v) is 4.79. The largest absolute Gasteiger partial charge is 0.0648 e. The minimum Gasteiger partial charge on any atom is -0.0648 e. The first-order valence-electron chi connectivity index (χ1n) is 5.21. The first kappa shape index (κ1) is 7.64. The molecule has 0 aliphatic heterocycles. The summed E-state index contributed by atoms with van der Waals surface area (Å²) in [6.45, 7) is 7.32. The third-order valence-electron chi connectivity index (χ3n) is 4.79. The molecule has 2 fully saturated rings. The van der Waals surface area contributed by atoms with E-state index in [1.807, 2.05) is 0 Å². The fourth-order valence-electron chi connectivity index (χ4n) is 4.09. The van der Waals surface area contributed by atoms with Crippen molar-refractivity contribution in [3.8, 4) is 0 Å². The van der Waals surface area contributed by atoms with Gasteiger partial charge in [-0.2, -0.15) is 0 Å². The van der Waals surface area contributed by atoms with Crippen LogP contribution >= 0.6 is 0 Å². The molecule has 0 heteroatoms. The molecule has 0 saturated heterocycles. The predicted octanol–water partition coefficient (Wildman–Crippen LogP) is 3.47. The van der Waals surface area contributed by atoms with E-state index in [9.17, 15) is 0 Å². The van der Waals surface area contributed by atoms with Crippen LogP contribution in [0.2, 0.25) is 0 Å². The van der Waals surface area contributed by atoms with Gasteiger partial charge in [0.25, 0.3) is 0 Å². The molecule has 0 nitrogen and oxygen atoms in total. The molecule has 2 aliphatic carbocycles. The Morgan fingerprint density at radius 2 is 1.91 bits per heavy atom. The number of rotatable bonds is 1. The van der Waals surface area contributed by atoms with Crippen LogP contribution in [0.1, 0.15) is 46.5 Å². The normalized spacial score (nSPS) is 55.4. The molecule has 0 radical (unpaired) electrons. The van der Waals surface area contributed by atoms with Gasteiger partial charge in [-0.3, -0.25) is 0 Å². The topological polar surface area (TPSA) is 0 Å². The van der Waals surface area contributed by atoms with Crippen molar-refractivity contribution in [3.05, 3.63) is 0 Å². The van der Waals surface area contributed by atoms with Crippen LogP contribution in [0, 0.1) is 23.2 Å². The lowest BCUT2D eigenvalue weighted by atomic mass is 9.51. The van der Waals surface area contributed by atoms with Crippen molar-refractivity contribution >= 4 is 0 Å². The number of hydrogen-bond donors (Lipinski definition) is 0. The molecule has 0 aromatic rings. The Morgan fingerprint density at radius 1 is 1.18 bits per heavy atom. The zero-order valence-corrected chi connectivity index (χ0v) is 8.06. The summed E-state index contributed by atoms with van der Waals surface area (Å²) in [7, 11) is 0. The van der Waals surface area contributed by atoms with Crippen molar-refractivity contribution in [2.45, 2.75) is 46.5 Å². The molecule has 0 aromatic heterocycles. The Balaban J connectivity index is 2.22. The molecule has 0 bridgehead atoms. The Bertz CT molecular complexity index is 151. The highest BCUT2D eigenvalue weighted by Gasteiger charge is 2.57. The lowest BCUT2D eigenvalue weighted by molar-refractivity contribution is -0.0507. The zero-order chi connectivity index (χ0) is 8.06. The Morgan fingerprint density at radius 3 is 2.27 bits per heavy atom. The molecule has 0 amide bonds. The standard InChI is InChI=1S/C11H20/c1-4-11-8(2)5-6-10(11)7-9(11)3/h8-10H,4-7H2,1-3H3. The molecule has 4 unspecified atom stereocenters. The molecule has 4 atom stereocenters. The molecule has 0 aromatic carbocycles. The molecule has 2 saturated carbocycles. The van der Waals surface area contributed by atoms with Gasteiger partial charge in [-0.05, 0) is 48.9 Å². The quantitative estimate of drug-likeness (QED) is 0.539. The summed E-state index contributed by atoms with van der Waals surface area (Å²) in [6, 6.07) is 0. The maximum Gasteiger partial charge on any atom is -0.0220 e. The second-order valence-electron chi connectivity index (χ2n) is 4.78. The van der Waals surface area contributed by atoms with Gasteiger partial charge >= 0.3 is 0 Å². The molecule has 64 valence electrons. The van der Waals surface area contributed by atoms with Gasteiger partial charge < -0.3 is 0 Å². The molecule has 2 aliphatic rings. The van der Waals surface area contributed by atoms with Gasteiger partial charge in [0.1, 0.15) is 0 Å². The van der Waals surface area contributed by atoms with Crippen molar-refractivity contribution in [3.63, 3.8) is 0 Å². The van der Waals surface area contributed by atoms with E-state index in [-0.39, 0.29) is 0 Å². The van der Waals surface area contributed by atoms with Crippen molar-refractivity contribution in [2.24, 2.45) is 23.2 Å². The van der Waals surface area contributed by atoms with Crippen LogP contribution in [0.25, 0.3) is 0 Å². The van der Waals surface area contributed by atoms with E-state index in [1.165, 1.54) is 25.7 Å². The first-order chi connectivity index (χ1) is 5.21. The van der Waals surface area contributed by atoms with Crippen molar-refractivity contribution < 1.29 is 0 Å². The van der Waals surface area contributed by atoms with Gasteiger partial charge in [0.15, 0.2) is 0 Å². The van der Waals surface area contributed by atoms with Gasteiger partial charge in [-0.25, -0.2) is 0 Å². The molecule has 11 heavy (non-hydrogen) atoms. The summed E-state index contributed by atoms with van der Waals surface area (Å²) in [4.78, 5) is 0. The highest BCUT2D eigenvalue weighted by molar-refractivity contribution is 5.06. The van der Waals surface area contributed by atoms with E-state index in [4.69, 9.17) is 0 Å². The maximum atomic E-state index is 2.47. The minimum atomic E-state index is 0.792. The Hall–Kier alpha value is 0. The summed E-state index contributed by atoms with van der Waals surface area (Å²) in [6.07, 6.45) is 5.99. The second kappa shape index (κ2) is 2.24. The van der Waals surface area contributed by atoms with E-state index < -0.39 is 0 Å². The van der Waals surface area contributed by atoms with Gasteiger partial charge in [0.2, 0.25) is 0 Å². The van der Waals surface area contributed by atoms with E-state index in [1.54, 1.807) is 0 Å². The fourth-order valence-corrected chi connectivity index (χ4v) is 4.09. The Kier molecular flexibility index (Phi) is 1.56. The summed E-state index contributed by atoms with van der Waals surface area (Å²) in [5.41, 5.74) is 0.792. The van der Waals surface area contributed by atoms with Crippen LogP contribution in [0.5, 0.6) is 0 Å². The van der Waals surface area contributed by atoms with Crippen molar-refractivity contribution in [1.82, 2.24) is 0 Å². The fraction of sp³-hybridized carbons (Fsp3) is 1.00. The van der Waals surface area contributed by atoms with Gasteiger partial charge in [0, 0.05) is 0 Å². The van der Waals surface area contributed by atoms with Crippen LogP contribution in [0.15, 0.2) is 0 Å². The second-order valence-corrected chi connectivity index (χ2v) is 4.78. The number of hydrogen-bond acceptors (Lipinski definition) is 0. The molecule has 0 N–H and O–H groups in total. The first-order valence-corrected chi connectivity index (χ1v) is 5.21. The summed E-state index contributed by atoms with van der Waals surface area (Å²) in [5, 5.41) is 0. The predicted molar refractivity (Wildman–Crippen MR) is 48.4 cm³/mol. The molecular weight excluding hydrogens is 132 g/mol. The molecule has 0 spiro atoms. The monoisotopic (exact) mass is 152 g/mol. The summed E-state index contributed by atoms with van der Waals surface area (Å²) in [5.74, 6) is 3.15. The molecular formula is C11H20. The average molecular weight is 152 g/mol. The van der Waals surface area contributed by atoms with Crippen LogP contribution < -0.4 is 0 Å². The van der Waals surface area contributed by atoms with E-state index >= 15 is 0 Å². The highest BCUT2D eigenvalue weighted by atomic mass is 14.6. The maximum absolute atomic E-state index is 2.47. The van der Waals surface area contributed by atoms with Gasteiger partial charge in [-0.1, -0.05) is 20.8 Å². The van der Waals surface area contributed by atoms with Crippen molar-refractivity contribution in [1.29, 1.82) is 0 Å². The summed E-state index contributed by atoms with van der Waals surface area (Å²) >= 11 is 0. The van der Waals surface area contributed by atoms with E-state index in [0.717, 1.165) is 23.2 Å². The van der Waals surface area contributed by atoms with Crippen LogP contribution in [0.4, 0.5) is 0 Å². The molecule has 0 heterocycles. The van der Waals surface area contributed by atoms with Crippen molar-refractivity contribution in [2.75, 3.05) is 0 Å². The average Bonchev–Trinajstić information content (AvgIpc) is 2.22.